The first kappa shape index (κ1) is 20.7. The summed E-state index contributed by atoms with van der Waals surface area (Å²) in [6.45, 7) is 6.12. The number of alkyl halides is 3. The van der Waals surface area contributed by atoms with Crippen molar-refractivity contribution in [2.45, 2.75) is 39.4 Å². The Hall–Kier alpha value is -3.02. The number of pyridine rings is 1. The van der Waals surface area contributed by atoms with E-state index in [0.717, 1.165) is 22.8 Å². The maximum Gasteiger partial charge on any atom is 0.418 e. The fraction of sp³-hybridized carbons (Fsp3) is 0.261. The van der Waals surface area contributed by atoms with E-state index in [9.17, 15) is 18.0 Å². The van der Waals surface area contributed by atoms with Gasteiger partial charge < -0.3 is 10.3 Å². The van der Waals surface area contributed by atoms with Gasteiger partial charge >= 0.3 is 6.18 Å². The zero-order chi connectivity index (χ0) is 21.3. The predicted octanol–water partition coefficient (Wildman–Crippen LogP) is 5.60. The molecule has 0 atom stereocenters. The highest BCUT2D eigenvalue weighted by molar-refractivity contribution is 5.65. The maximum atomic E-state index is 13.5. The summed E-state index contributed by atoms with van der Waals surface area (Å²) < 4.78 is 41.7. The second-order valence-corrected chi connectivity index (χ2v) is 7.51. The van der Waals surface area contributed by atoms with E-state index < -0.39 is 23.0 Å². The van der Waals surface area contributed by atoms with Gasteiger partial charge in [0.05, 0.1) is 17.8 Å². The molecule has 1 aromatic heterocycles. The van der Waals surface area contributed by atoms with Gasteiger partial charge in [-0.1, -0.05) is 61.9 Å². The molecule has 29 heavy (non-hydrogen) atoms. The summed E-state index contributed by atoms with van der Waals surface area (Å²) in [4.78, 5) is 12.8. The van der Waals surface area contributed by atoms with Gasteiger partial charge in [0.15, 0.2) is 0 Å². The molecule has 0 amide bonds. The summed E-state index contributed by atoms with van der Waals surface area (Å²) in [5.74, 6) is 0.358. The maximum absolute atomic E-state index is 13.5. The predicted molar refractivity (Wildman–Crippen MR) is 110 cm³/mol. The number of rotatable bonds is 4. The molecule has 6 heteroatoms. The van der Waals surface area contributed by atoms with Crippen LogP contribution < -0.4 is 11.3 Å². The van der Waals surface area contributed by atoms with E-state index in [4.69, 9.17) is 5.73 Å². The molecular formula is C23H23F3N2O. The highest BCUT2D eigenvalue weighted by Gasteiger charge is 2.35. The molecule has 1 heterocycles. The van der Waals surface area contributed by atoms with Gasteiger partial charge in [0, 0.05) is 0 Å². The van der Waals surface area contributed by atoms with Crippen LogP contribution in [0, 0.1) is 6.92 Å². The van der Waals surface area contributed by atoms with Crippen LogP contribution in [0.15, 0.2) is 59.4 Å². The molecule has 0 aliphatic heterocycles. The minimum absolute atomic E-state index is 0.128. The Bertz CT molecular complexity index is 1080. The van der Waals surface area contributed by atoms with Crippen LogP contribution in [0.1, 0.15) is 42.0 Å². The molecule has 152 valence electrons. The van der Waals surface area contributed by atoms with Gasteiger partial charge in [0.1, 0.15) is 5.69 Å². The number of hydrogen-bond donors (Lipinski definition) is 1. The van der Waals surface area contributed by atoms with E-state index in [0.29, 0.717) is 11.5 Å². The van der Waals surface area contributed by atoms with Gasteiger partial charge in [-0.15, -0.1) is 0 Å². The topological polar surface area (TPSA) is 48.0 Å². The van der Waals surface area contributed by atoms with Crippen molar-refractivity contribution in [1.82, 2.24) is 4.57 Å². The molecule has 0 fully saturated rings. The van der Waals surface area contributed by atoms with E-state index in [1.807, 2.05) is 37.3 Å². The minimum atomic E-state index is -4.71. The molecule has 0 aliphatic rings. The van der Waals surface area contributed by atoms with Crippen LogP contribution in [0.4, 0.5) is 18.9 Å². The average molecular weight is 400 g/mol. The van der Waals surface area contributed by atoms with Crippen molar-refractivity contribution < 1.29 is 13.2 Å². The van der Waals surface area contributed by atoms with Crippen LogP contribution in [0.3, 0.4) is 0 Å². The van der Waals surface area contributed by atoms with Crippen molar-refractivity contribution in [2.24, 2.45) is 0 Å². The first-order valence-electron chi connectivity index (χ1n) is 9.34. The zero-order valence-electron chi connectivity index (χ0n) is 16.5. The highest BCUT2D eigenvalue weighted by Crippen LogP contribution is 2.35. The van der Waals surface area contributed by atoms with Crippen LogP contribution in [0.25, 0.3) is 11.3 Å². The van der Waals surface area contributed by atoms with Crippen LogP contribution in [-0.4, -0.2) is 4.57 Å². The number of hydrogen-bond acceptors (Lipinski definition) is 2. The number of halogens is 3. The minimum Gasteiger partial charge on any atom is -0.394 e. The second kappa shape index (κ2) is 7.78. The van der Waals surface area contributed by atoms with Gasteiger partial charge in [0.25, 0.3) is 5.56 Å². The fourth-order valence-corrected chi connectivity index (χ4v) is 3.29. The molecule has 3 nitrogen and oxygen atoms in total. The van der Waals surface area contributed by atoms with Gasteiger partial charge in [-0.05, 0) is 41.7 Å². The molecule has 3 rings (SSSR count). The standard InChI is InChI=1S/C23H23F3N2O/c1-14(2)17-9-7-16(8-10-17)13-28-20(18-6-4-5-15(3)11-18)12-19(23(24,25)26)21(27)22(28)29/h4-12,14H,13,27H2,1-3H3. The molecule has 0 spiro atoms. The summed E-state index contributed by atoms with van der Waals surface area (Å²) in [5, 5.41) is 0. The number of aromatic nitrogens is 1. The lowest BCUT2D eigenvalue weighted by molar-refractivity contribution is -0.137. The molecule has 2 aromatic carbocycles. The average Bonchev–Trinajstić information content (AvgIpc) is 2.65. The van der Waals surface area contributed by atoms with Crippen molar-refractivity contribution >= 4 is 5.69 Å². The summed E-state index contributed by atoms with van der Waals surface area (Å²) in [7, 11) is 0. The van der Waals surface area contributed by atoms with Crippen LogP contribution in [0.2, 0.25) is 0 Å². The third-order valence-electron chi connectivity index (χ3n) is 4.94. The largest absolute Gasteiger partial charge is 0.418 e. The Morgan fingerprint density at radius 3 is 2.24 bits per heavy atom. The molecule has 0 saturated heterocycles. The summed E-state index contributed by atoms with van der Waals surface area (Å²) in [6, 6.07) is 15.7. The molecule has 0 unspecified atom stereocenters. The van der Waals surface area contributed by atoms with Crippen LogP contribution in [0.5, 0.6) is 0 Å². The summed E-state index contributed by atoms with van der Waals surface area (Å²) in [6.07, 6.45) is -4.71. The zero-order valence-corrected chi connectivity index (χ0v) is 16.5. The van der Waals surface area contributed by atoms with E-state index in [1.54, 1.807) is 18.2 Å². The Labute approximate surface area is 167 Å². The van der Waals surface area contributed by atoms with Gasteiger partial charge in [-0.2, -0.15) is 13.2 Å². The molecular weight excluding hydrogens is 377 g/mol. The molecule has 0 bridgehead atoms. The number of benzene rings is 2. The number of nitrogen functional groups attached to an aromatic ring is 1. The van der Waals surface area contributed by atoms with E-state index in [2.05, 4.69) is 13.8 Å². The van der Waals surface area contributed by atoms with Crippen LogP contribution in [-0.2, 0) is 12.7 Å². The lowest BCUT2D eigenvalue weighted by Crippen LogP contribution is -2.28. The van der Waals surface area contributed by atoms with E-state index in [-0.39, 0.29) is 12.2 Å². The monoisotopic (exact) mass is 400 g/mol. The van der Waals surface area contributed by atoms with Gasteiger partial charge in [-0.25, -0.2) is 0 Å². The Kier molecular flexibility index (Phi) is 5.55. The molecule has 0 saturated carbocycles. The first-order chi connectivity index (χ1) is 13.6. The number of nitrogens with zero attached hydrogens (tertiary/aromatic N) is 1. The summed E-state index contributed by atoms with van der Waals surface area (Å²) >= 11 is 0. The Balaban J connectivity index is 2.19. The smallest absolute Gasteiger partial charge is 0.394 e. The Morgan fingerprint density at radius 2 is 1.69 bits per heavy atom. The highest BCUT2D eigenvalue weighted by atomic mass is 19.4. The van der Waals surface area contributed by atoms with E-state index in [1.165, 1.54) is 4.57 Å². The first-order valence-corrected chi connectivity index (χ1v) is 9.34. The third kappa shape index (κ3) is 4.36. The quantitative estimate of drug-likeness (QED) is 0.620. The molecule has 0 radical (unpaired) electrons. The Morgan fingerprint density at radius 1 is 1.03 bits per heavy atom. The number of aryl methyl sites for hydroxylation is 1. The third-order valence-corrected chi connectivity index (χ3v) is 4.94. The van der Waals surface area contributed by atoms with Crippen molar-refractivity contribution in [3.05, 3.63) is 87.2 Å². The second-order valence-electron chi connectivity index (χ2n) is 7.51. The SMILES string of the molecule is Cc1cccc(-c2cc(C(F)(F)F)c(N)c(=O)n2Cc2ccc(C(C)C)cc2)c1. The number of anilines is 1. The molecule has 0 aliphatic carbocycles. The van der Waals surface area contributed by atoms with Crippen molar-refractivity contribution in [1.29, 1.82) is 0 Å². The fourth-order valence-electron chi connectivity index (χ4n) is 3.29. The lowest BCUT2D eigenvalue weighted by atomic mass is 10.0. The normalized spacial score (nSPS) is 11.8. The van der Waals surface area contributed by atoms with Crippen LogP contribution >= 0.6 is 0 Å². The van der Waals surface area contributed by atoms with E-state index >= 15 is 0 Å². The summed E-state index contributed by atoms with van der Waals surface area (Å²) in [5.41, 5.74) is 6.44. The molecule has 3 aromatic rings. The van der Waals surface area contributed by atoms with Gasteiger partial charge in [0.2, 0.25) is 0 Å². The van der Waals surface area contributed by atoms with Crippen molar-refractivity contribution in [3.8, 4) is 11.3 Å². The van der Waals surface area contributed by atoms with Crippen molar-refractivity contribution in [2.75, 3.05) is 5.73 Å². The molecule has 2 N–H and O–H groups in total. The van der Waals surface area contributed by atoms with Gasteiger partial charge in [-0.3, -0.25) is 4.79 Å². The van der Waals surface area contributed by atoms with Crippen molar-refractivity contribution in [3.63, 3.8) is 0 Å². The number of nitrogens with two attached hydrogens (primary N) is 1. The lowest BCUT2D eigenvalue weighted by Gasteiger charge is -2.19.